The van der Waals surface area contributed by atoms with Gasteiger partial charge in [-0.05, 0) is 23.3 Å². The first-order valence-electron chi connectivity index (χ1n) is 8.83. The van der Waals surface area contributed by atoms with E-state index < -0.39 is 0 Å². The van der Waals surface area contributed by atoms with Crippen molar-refractivity contribution >= 4 is 5.69 Å². The molecule has 2 aromatic carbocycles. The molecule has 2 heterocycles. The SMILES string of the molecule is O=c1[nH]cc(-c2ccccn2)c(-c2ccccc2)c1NCc1ccccc1. The van der Waals surface area contributed by atoms with Crippen LogP contribution in [0.25, 0.3) is 22.4 Å². The molecular formula is C23H19N3O. The molecule has 4 heteroatoms. The normalized spacial score (nSPS) is 10.5. The second kappa shape index (κ2) is 7.70. The highest BCUT2D eigenvalue weighted by Gasteiger charge is 2.16. The number of anilines is 1. The van der Waals surface area contributed by atoms with Crippen LogP contribution in [0.3, 0.4) is 0 Å². The second-order valence-corrected chi connectivity index (χ2v) is 6.20. The minimum Gasteiger partial charge on any atom is -0.376 e. The number of aromatic amines is 1. The van der Waals surface area contributed by atoms with Crippen LogP contribution in [-0.2, 0) is 6.54 Å². The van der Waals surface area contributed by atoms with Gasteiger partial charge >= 0.3 is 0 Å². The molecule has 27 heavy (non-hydrogen) atoms. The molecule has 0 aliphatic heterocycles. The standard InChI is InChI=1S/C23H19N3O/c27-23-22(25-15-17-9-3-1-4-10-17)21(18-11-5-2-6-12-18)19(16-26-23)20-13-7-8-14-24-20/h1-14,16,25H,15H2,(H,26,27). The molecule has 0 radical (unpaired) electrons. The number of nitrogens with zero attached hydrogens (tertiary/aromatic N) is 1. The van der Waals surface area contributed by atoms with Crippen LogP contribution in [0.1, 0.15) is 5.56 Å². The van der Waals surface area contributed by atoms with Crippen LogP contribution in [-0.4, -0.2) is 9.97 Å². The van der Waals surface area contributed by atoms with E-state index in [9.17, 15) is 4.79 Å². The molecule has 0 saturated heterocycles. The fourth-order valence-electron chi connectivity index (χ4n) is 3.11. The van der Waals surface area contributed by atoms with E-state index in [1.165, 1.54) is 0 Å². The van der Waals surface area contributed by atoms with Crippen LogP contribution < -0.4 is 10.9 Å². The van der Waals surface area contributed by atoms with E-state index in [2.05, 4.69) is 15.3 Å². The number of H-pyrrole nitrogens is 1. The lowest BCUT2D eigenvalue weighted by Crippen LogP contribution is -2.16. The quantitative estimate of drug-likeness (QED) is 0.546. The van der Waals surface area contributed by atoms with E-state index in [-0.39, 0.29) is 5.56 Å². The Kier molecular flexibility index (Phi) is 4.79. The number of pyridine rings is 2. The summed E-state index contributed by atoms with van der Waals surface area (Å²) < 4.78 is 0. The highest BCUT2D eigenvalue weighted by atomic mass is 16.1. The van der Waals surface area contributed by atoms with Gasteiger partial charge in [0, 0.05) is 30.1 Å². The summed E-state index contributed by atoms with van der Waals surface area (Å²) in [5.74, 6) is 0. The van der Waals surface area contributed by atoms with Gasteiger partial charge in [-0.3, -0.25) is 9.78 Å². The molecule has 132 valence electrons. The van der Waals surface area contributed by atoms with E-state index in [1.54, 1.807) is 12.4 Å². The van der Waals surface area contributed by atoms with Gasteiger partial charge in [0.1, 0.15) is 5.69 Å². The maximum Gasteiger partial charge on any atom is 0.271 e. The van der Waals surface area contributed by atoms with Crippen molar-refractivity contribution in [1.29, 1.82) is 0 Å². The lowest BCUT2D eigenvalue weighted by molar-refractivity contribution is 1.12. The Balaban J connectivity index is 1.85. The Morgan fingerprint density at radius 3 is 2.26 bits per heavy atom. The van der Waals surface area contributed by atoms with Gasteiger partial charge in [0.15, 0.2) is 0 Å². The van der Waals surface area contributed by atoms with Crippen LogP contribution in [0, 0.1) is 0 Å². The van der Waals surface area contributed by atoms with Crippen molar-refractivity contribution < 1.29 is 0 Å². The number of hydrogen-bond acceptors (Lipinski definition) is 3. The first-order valence-corrected chi connectivity index (χ1v) is 8.83. The fourth-order valence-corrected chi connectivity index (χ4v) is 3.11. The van der Waals surface area contributed by atoms with Gasteiger partial charge in [-0.15, -0.1) is 0 Å². The fraction of sp³-hybridized carbons (Fsp3) is 0.0435. The number of aromatic nitrogens is 2. The first kappa shape index (κ1) is 16.8. The third-order valence-electron chi connectivity index (χ3n) is 4.41. The molecule has 0 spiro atoms. The zero-order valence-corrected chi connectivity index (χ0v) is 14.7. The average molecular weight is 353 g/mol. The van der Waals surface area contributed by atoms with Gasteiger partial charge in [0.25, 0.3) is 5.56 Å². The number of nitrogens with one attached hydrogen (secondary N) is 2. The maximum absolute atomic E-state index is 12.7. The van der Waals surface area contributed by atoms with Crippen LogP contribution in [0.4, 0.5) is 5.69 Å². The van der Waals surface area contributed by atoms with Gasteiger partial charge in [0.2, 0.25) is 0 Å². The van der Waals surface area contributed by atoms with Crippen molar-refractivity contribution in [2.75, 3.05) is 5.32 Å². The minimum atomic E-state index is -0.149. The van der Waals surface area contributed by atoms with E-state index in [0.29, 0.717) is 12.2 Å². The zero-order chi connectivity index (χ0) is 18.5. The van der Waals surface area contributed by atoms with Gasteiger partial charge in [-0.2, -0.15) is 0 Å². The summed E-state index contributed by atoms with van der Waals surface area (Å²) in [6.07, 6.45) is 3.49. The Hall–Kier alpha value is -3.66. The van der Waals surface area contributed by atoms with Crippen molar-refractivity contribution in [3.8, 4) is 22.4 Å². The highest BCUT2D eigenvalue weighted by molar-refractivity contribution is 5.90. The van der Waals surface area contributed by atoms with Crippen molar-refractivity contribution in [2.45, 2.75) is 6.54 Å². The molecule has 4 rings (SSSR count). The highest BCUT2D eigenvalue weighted by Crippen LogP contribution is 2.34. The van der Waals surface area contributed by atoms with Gasteiger partial charge < -0.3 is 10.3 Å². The van der Waals surface area contributed by atoms with Gasteiger partial charge in [-0.1, -0.05) is 66.7 Å². The summed E-state index contributed by atoms with van der Waals surface area (Å²) in [6.45, 7) is 0.565. The summed E-state index contributed by atoms with van der Waals surface area (Å²) in [4.78, 5) is 20.0. The third kappa shape index (κ3) is 3.65. The Bertz CT molecular complexity index is 1070. The van der Waals surface area contributed by atoms with E-state index in [4.69, 9.17) is 0 Å². The Morgan fingerprint density at radius 2 is 1.56 bits per heavy atom. The Labute approximate surface area is 157 Å². The molecule has 2 N–H and O–H groups in total. The van der Waals surface area contributed by atoms with E-state index in [0.717, 1.165) is 27.9 Å². The summed E-state index contributed by atoms with van der Waals surface area (Å²) in [7, 11) is 0. The van der Waals surface area contributed by atoms with Crippen LogP contribution in [0.5, 0.6) is 0 Å². The second-order valence-electron chi connectivity index (χ2n) is 6.20. The Morgan fingerprint density at radius 1 is 0.852 bits per heavy atom. The number of benzene rings is 2. The number of hydrogen-bond donors (Lipinski definition) is 2. The largest absolute Gasteiger partial charge is 0.376 e. The molecule has 0 fully saturated rings. The molecule has 0 unspecified atom stereocenters. The molecule has 4 aromatic rings. The van der Waals surface area contributed by atoms with Crippen molar-refractivity contribution in [2.24, 2.45) is 0 Å². The lowest BCUT2D eigenvalue weighted by atomic mass is 9.97. The van der Waals surface area contributed by atoms with Crippen molar-refractivity contribution in [1.82, 2.24) is 9.97 Å². The topological polar surface area (TPSA) is 57.8 Å². The predicted molar refractivity (Wildman–Crippen MR) is 109 cm³/mol. The van der Waals surface area contributed by atoms with Crippen molar-refractivity contribution in [3.63, 3.8) is 0 Å². The third-order valence-corrected chi connectivity index (χ3v) is 4.41. The molecule has 0 amide bonds. The maximum atomic E-state index is 12.7. The first-order chi connectivity index (χ1) is 13.3. The van der Waals surface area contributed by atoms with Crippen molar-refractivity contribution in [3.05, 3.63) is 107 Å². The summed E-state index contributed by atoms with van der Waals surface area (Å²) in [5, 5.41) is 3.33. The van der Waals surface area contributed by atoms with Crippen LogP contribution in [0.15, 0.2) is 96.1 Å². The van der Waals surface area contributed by atoms with E-state index in [1.807, 2.05) is 78.9 Å². The zero-order valence-electron chi connectivity index (χ0n) is 14.7. The summed E-state index contributed by atoms with van der Waals surface area (Å²) in [5.41, 5.74) is 5.04. The van der Waals surface area contributed by atoms with Crippen LogP contribution in [0.2, 0.25) is 0 Å². The number of rotatable bonds is 5. The molecule has 0 aliphatic rings. The summed E-state index contributed by atoms with van der Waals surface area (Å²) >= 11 is 0. The van der Waals surface area contributed by atoms with E-state index >= 15 is 0 Å². The molecule has 0 bridgehead atoms. The predicted octanol–water partition coefficient (Wildman–Crippen LogP) is 4.72. The molecule has 2 aromatic heterocycles. The monoisotopic (exact) mass is 353 g/mol. The molecule has 0 saturated carbocycles. The molecular weight excluding hydrogens is 334 g/mol. The van der Waals surface area contributed by atoms with Gasteiger partial charge in [0.05, 0.1) is 5.69 Å². The molecule has 0 aliphatic carbocycles. The average Bonchev–Trinajstić information content (AvgIpc) is 2.74. The van der Waals surface area contributed by atoms with Gasteiger partial charge in [-0.25, -0.2) is 0 Å². The lowest BCUT2D eigenvalue weighted by Gasteiger charge is -2.16. The smallest absolute Gasteiger partial charge is 0.271 e. The minimum absolute atomic E-state index is 0.149. The molecule has 4 nitrogen and oxygen atoms in total. The van der Waals surface area contributed by atoms with Crippen LogP contribution >= 0.6 is 0 Å². The summed E-state index contributed by atoms with van der Waals surface area (Å²) in [6, 6.07) is 25.7. The molecule has 0 atom stereocenters.